The lowest BCUT2D eigenvalue weighted by Crippen LogP contribution is -1.91. The van der Waals surface area contributed by atoms with Gasteiger partial charge in [-0.3, -0.25) is 0 Å². The van der Waals surface area contributed by atoms with E-state index >= 15 is 0 Å². The van der Waals surface area contributed by atoms with Gasteiger partial charge in [-0.05, 0) is 17.7 Å². The molecule has 1 aromatic carbocycles. The van der Waals surface area contributed by atoms with Crippen molar-refractivity contribution in [2.75, 3.05) is 14.2 Å². The topological polar surface area (TPSA) is 18.5 Å². The fourth-order valence-corrected chi connectivity index (χ4v) is 1.18. The van der Waals surface area contributed by atoms with E-state index in [1.807, 2.05) is 18.2 Å². The lowest BCUT2D eigenvalue weighted by Gasteiger charge is -2.07. The lowest BCUT2D eigenvalue weighted by molar-refractivity contribution is 0.354. The minimum Gasteiger partial charge on any atom is -0.493 e. The van der Waals surface area contributed by atoms with Crippen LogP contribution in [0.15, 0.2) is 18.2 Å². The van der Waals surface area contributed by atoms with Gasteiger partial charge in [0.15, 0.2) is 11.5 Å². The van der Waals surface area contributed by atoms with Crippen molar-refractivity contribution in [2.24, 2.45) is 0 Å². The van der Waals surface area contributed by atoms with Gasteiger partial charge in [-0.1, -0.05) is 6.07 Å². The van der Waals surface area contributed by atoms with E-state index in [0.717, 1.165) is 17.1 Å². The molecule has 1 aromatic rings. The molecule has 0 amide bonds. The molecular weight excluding hydrogens is 172 g/mol. The van der Waals surface area contributed by atoms with Gasteiger partial charge in [-0.25, -0.2) is 0 Å². The van der Waals surface area contributed by atoms with E-state index in [9.17, 15) is 0 Å². The van der Waals surface area contributed by atoms with Crippen LogP contribution < -0.4 is 9.47 Å². The molecule has 0 aliphatic heterocycles. The summed E-state index contributed by atoms with van der Waals surface area (Å²) in [7, 11) is 3.25. The van der Waals surface area contributed by atoms with Crippen LogP contribution in [0.1, 0.15) is 5.56 Å². The van der Waals surface area contributed by atoms with Crippen LogP contribution in [0.5, 0.6) is 11.5 Å². The normalized spacial score (nSPS) is 9.58. The molecule has 0 spiro atoms. The number of hydrogen-bond donors (Lipinski definition) is 1. The van der Waals surface area contributed by atoms with Gasteiger partial charge in [0.1, 0.15) is 0 Å². The van der Waals surface area contributed by atoms with Crippen LogP contribution >= 0.6 is 12.6 Å². The third-order valence-corrected chi connectivity index (χ3v) is 2.00. The predicted octanol–water partition coefficient (Wildman–Crippen LogP) is 2.13. The van der Waals surface area contributed by atoms with Crippen molar-refractivity contribution in [3.05, 3.63) is 23.8 Å². The van der Waals surface area contributed by atoms with Crippen LogP contribution in [0.2, 0.25) is 0 Å². The van der Waals surface area contributed by atoms with E-state index in [2.05, 4.69) is 12.6 Å². The zero-order valence-electron chi connectivity index (χ0n) is 7.20. The molecular formula is C9H12O2S. The highest BCUT2D eigenvalue weighted by molar-refractivity contribution is 7.79. The maximum atomic E-state index is 5.12. The average molecular weight is 184 g/mol. The van der Waals surface area contributed by atoms with Crippen molar-refractivity contribution in [3.63, 3.8) is 0 Å². The Balaban J connectivity index is 3.02. The Morgan fingerprint density at radius 1 is 1.17 bits per heavy atom. The Morgan fingerprint density at radius 2 is 1.83 bits per heavy atom. The second kappa shape index (κ2) is 4.26. The van der Waals surface area contributed by atoms with Crippen molar-refractivity contribution in [3.8, 4) is 11.5 Å². The van der Waals surface area contributed by atoms with Gasteiger partial charge >= 0.3 is 0 Å². The highest BCUT2D eigenvalue weighted by atomic mass is 32.1. The van der Waals surface area contributed by atoms with Crippen LogP contribution in [0, 0.1) is 0 Å². The van der Waals surface area contributed by atoms with E-state index in [-0.39, 0.29) is 0 Å². The molecule has 0 N–H and O–H groups in total. The Morgan fingerprint density at radius 3 is 2.33 bits per heavy atom. The smallest absolute Gasteiger partial charge is 0.161 e. The first kappa shape index (κ1) is 9.26. The van der Waals surface area contributed by atoms with Crippen molar-refractivity contribution in [2.45, 2.75) is 5.75 Å². The molecule has 0 saturated heterocycles. The molecule has 0 fully saturated rings. The number of benzene rings is 1. The molecule has 0 atom stereocenters. The minimum absolute atomic E-state index is 0.709. The SMILES string of the molecule is COc1ccc(CS)cc1OC. The third-order valence-electron chi connectivity index (χ3n) is 1.63. The zero-order valence-corrected chi connectivity index (χ0v) is 8.10. The molecule has 3 heteroatoms. The van der Waals surface area contributed by atoms with Crippen molar-refractivity contribution in [1.29, 1.82) is 0 Å². The summed E-state index contributed by atoms with van der Waals surface area (Å²) < 4.78 is 10.2. The van der Waals surface area contributed by atoms with Crippen LogP contribution in [0.4, 0.5) is 0 Å². The van der Waals surface area contributed by atoms with Crippen LogP contribution in [-0.2, 0) is 5.75 Å². The number of hydrogen-bond acceptors (Lipinski definition) is 3. The zero-order chi connectivity index (χ0) is 8.97. The van der Waals surface area contributed by atoms with Crippen LogP contribution in [0.25, 0.3) is 0 Å². The van der Waals surface area contributed by atoms with E-state index in [0.29, 0.717) is 5.75 Å². The molecule has 2 nitrogen and oxygen atoms in total. The van der Waals surface area contributed by atoms with Gasteiger partial charge in [0.05, 0.1) is 14.2 Å². The first-order chi connectivity index (χ1) is 5.81. The Hall–Kier alpha value is -0.830. The van der Waals surface area contributed by atoms with E-state index in [4.69, 9.17) is 9.47 Å². The highest BCUT2D eigenvalue weighted by Crippen LogP contribution is 2.27. The molecule has 0 heterocycles. The van der Waals surface area contributed by atoms with E-state index < -0.39 is 0 Å². The maximum Gasteiger partial charge on any atom is 0.161 e. The lowest BCUT2D eigenvalue weighted by atomic mass is 10.2. The second-order valence-corrected chi connectivity index (χ2v) is 2.66. The first-order valence-corrected chi connectivity index (χ1v) is 4.27. The fraction of sp³-hybridized carbons (Fsp3) is 0.333. The summed E-state index contributed by atoms with van der Waals surface area (Å²) in [5, 5.41) is 0. The Labute approximate surface area is 77.9 Å². The van der Waals surface area contributed by atoms with Crippen molar-refractivity contribution in [1.82, 2.24) is 0 Å². The third kappa shape index (κ3) is 1.85. The summed E-state index contributed by atoms with van der Waals surface area (Å²) in [6.07, 6.45) is 0. The molecule has 66 valence electrons. The molecule has 12 heavy (non-hydrogen) atoms. The highest BCUT2D eigenvalue weighted by Gasteiger charge is 2.02. The largest absolute Gasteiger partial charge is 0.493 e. The summed E-state index contributed by atoms with van der Waals surface area (Å²) in [6, 6.07) is 5.77. The quantitative estimate of drug-likeness (QED) is 0.725. The first-order valence-electron chi connectivity index (χ1n) is 3.63. The van der Waals surface area contributed by atoms with Gasteiger partial charge < -0.3 is 9.47 Å². The predicted molar refractivity (Wildman–Crippen MR) is 52.2 cm³/mol. The average Bonchev–Trinajstić information content (AvgIpc) is 2.16. The molecule has 1 rings (SSSR count). The number of rotatable bonds is 3. The molecule has 0 aromatic heterocycles. The summed E-state index contributed by atoms with van der Waals surface area (Å²) in [5.41, 5.74) is 1.12. The van der Waals surface area contributed by atoms with E-state index in [1.54, 1.807) is 14.2 Å². The number of methoxy groups -OCH3 is 2. The van der Waals surface area contributed by atoms with E-state index in [1.165, 1.54) is 0 Å². The standard InChI is InChI=1S/C9H12O2S/c1-10-8-4-3-7(6-12)5-9(8)11-2/h3-5,12H,6H2,1-2H3. The summed E-state index contributed by atoms with van der Waals surface area (Å²) >= 11 is 4.16. The molecule has 0 aliphatic rings. The van der Waals surface area contributed by atoms with Gasteiger partial charge in [0.25, 0.3) is 0 Å². The van der Waals surface area contributed by atoms with Crippen LogP contribution in [0.3, 0.4) is 0 Å². The minimum atomic E-state index is 0.709. The summed E-state index contributed by atoms with van der Waals surface area (Å²) in [6.45, 7) is 0. The molecule has 0 radical (unpaired) electrons. The van der Waals surface area contributed by atoms with Crippen molar-refractivity contribution < 1.29 is 9.47 Å². The van der Waals surface area contributed by atoms with Crippen molar-refractivity contribution >= 4 is 12.6 Å². The summed E-state index contributed by atoms with van der Waals surface area (Å²) in [4.78, 5) is 0. The monoisotopic (exact) mass is 184 g/mol. The maximum absolute atomic E-state index is 5.12. The Bertz CT molecular complexity index is 261. The van der Waals surface area contributed by atoms with Crippen LogP contribution in [-0.4, -0.2) is 14.2 Å². The Kier molecular flexibility index (Phi) is 3.29. The molecule has 0 unspecified atom stereocenters. The van der Waals surface area contributed by atoms with Gasteiger partial charge in [0.2, 0.25) is 0 Å². The molecule has 0 bridgehead atoms. The molecule has 0 saturated carbocycles. The fourth-order valence-electron chi connectivity index (χ4n) is 0.979. The number of thiol groups is 1. The number of ether oxygens (including phenoxy) is 2. The van der Waals surface area contributed by atoms with Gasteiger partial charge in [0, 0.05) is 5.75 Å². The summed E-state index contributed by atoms with van der Waals surface area (Å²) in [5.74, 6) is 2.22. The van der Waals surface area contributed by atoms with Gasteiger partial charge in [-0.15, -0.1) is 0 Å². The second-order valence-electron chi connectivity index (χ2n) is 2.35. The molecule has 0 aliphatic carbocycles. The van der Waals surface area contributed by atoms with Gasteiger partial charge in [-0.2, -0.15) is 12.6 Å².